The molecule has 0 bridgehead atoms. The lowest BCUT2D eigenvalue weighted by atomic mass is 10.1. The summed E-state index contributed by atoms with van der Waals surface area (Å²) in [6.07, 6.45) is 3.76. The van der Waals surface area contributed by atoms with Crippen LogP contribution < -0.4 is 0 Å². The second-order valence-electron chi connectivity index (χ2n) is 5.41. The molecule has 0 aliphatic carbocycles. The Morgan fingerprint density at radius 1 is 1.09 bits per heavy atom. The Kier molecular flexibility index (Phi) is 4.29. The average Bonchev–Trinajstić information content (AvgIpc) is 3.13. The van der Waals surface area contributed by atoms with Gasteiger partial charge in [0.15, 0.2) is 0 Å². The normalized spacial score (nSPS) is 11.2. The van der Waals surface area contributed by atoms with E-state index < -0.39 is 0 Å². The molecule has 0 saturated heterocycles. The highest BCUT2D eigenvalue weighted by Gasteiger charge is 2.07. The summed E-state index contributed by atoms with van der Waals surface area (Å²) < 4.78 is 7.31. The minimum Gasteiger partial charge on any atom is -0.424 e. The molecule has 0 amide bonds. The van der Waals surface area contributed by atoms with Crippen molar-refractivity contribution in [3.63, 3.8) is 0 Å². The van der Waals surface area contributed by atoms with E-state index in [1.165, 1.54) is 11.1 Å². The van der Waals surface area contributed by atoms with Gasteiger partial charge in [-0.3, -0.25) is 9.58 Å². The molecule has 0 unspecified atom stereocenters. The quantitative estimate of drug-likeness (QED) is 0.698. The highest BCUT2D eigenvalue weighted by Crippen LogP contribution is 2.10. The third kappa shape index (κ3) is 3.79. The second-order valence-corrected chi connectivity index (χ2v) is 5.41. The molecule has 0 N–H and O–H groups in total. The summed E-state index contributed by atoms with van der Waals surface area (Å²) in [7, 11) is 2.04. The fraction of sp³-hybridized carbons (Fsp3) is 0.312. The zero-order chi connectivity index (χ0) is 15.4. The minimum absolute atomic E-state index is 0.603. The zero-order valence-electron chi connectivity index (χ0n) is 12.8. The Morgan fingerprint density at radius 3 is 2.50 bits per heavy atom. The van der Waals surface area contributed by atoms with Gasteiger partial charge in [-0.05, 0) is 24.2 Å². The maximum Gasteiger partial charge on any atom is 0.230 e. The molecule has 0 spiro atoms. The maximum absolute atomic E-state index is 5.40. The SMILES string of the molecule is Cc1nnc(CN(C)Cc2ccc(Cn3cccn3)cc2)o1. The number of hydrogen-bond donors (Lipinski definition) is 0. The third-order valence-electron chi connectivity index (χ3n) is 3.35. The van der Waals surface area contributed by atoms with E-state index in [-0.39, 0.29) is 0 Å². The number of rotatable bonds is 6. The van der Waals surface area contributed by atoms with Crippen LogP contribution in [0, 0.1) is 6.92 Å². The van der Waals surface area contributed by atoms with Crippen LogP contribution in [0.15, 0.2) is 47.1 Å². The molecule has 2 aromatic heterocycles. The van der Waals surface area contributed by atoms with Crippen molar-refractivity contribution in [1.82, 2.24) is 24.9 Å². The van der Waals surface area contributed by atoms with E-state index in [1.54, 1.807) is 13.1 Å². The van der Waals surface area contributed by atoms with Crippen LogP contribution in [0.5, 0.6) is 0 Å². The molecule has 0 saturated carbocycles. The van der Waals surface area contributed by atoms with Crippen molar-refractivity contribution in [3.05, 3.63) is 65.6 Å². The highest BCUT2D eigenvalue weighted by molar-refractivity contribution is 5.22. The summed E-state index contributed by atoms with van der Waals surface area (Å²) in [6.45, 7) is 4.08. The van der Waals surface area contributed by atoms with E-state index >= 15 is 0 Å². The molecule has 1 aromatic carbocycles. The topological polar surface area (TPSA) is 60.0 Å². The van der Waals surface area contributed by atoms with Gasteiger partial charge in [-0.25, -0.2) is 0 Å². The van der Waals surface area contributed by atoms with Crippen LogP contribution in [0.3, 0.4) is 0 Å². The molecule has 0 atom stereocenters. The van der Waals surface area contributed by atoms with Crippen LogP contribution in [-0.2, 0) is 19.6 Å². The fourth-order valence-electron chi connectivity index (χ4n) is 2.33. The Hall–Kier alpha value is -2.47. The summed E-state index contributed by atoms with van der Waals surface area (Å²) in [5.74, 6) is 1.25. The lowest BCUT2D eigenvalue weighted by Crippen LogP contribution is -2.17. The Morgan fingerprint density at radius 2 is 1.86 bits per heavy atom. The van der Waals surface area contributed by atoms with Gasteiger partial charge in [0.25, 0.3) is 0 Å². The molecule has 22 heavy (non-hydrogen) atoms. The van der Waals surface area contributed by atoms with E-state index in [0.717, 1.165) is 13.1 Å². The lowest BCUT2D eigenvalue weighted by molar-refractivity contribution is 0.279. The minimum atomic E-state index is 0.603. The first-order chi connectivity index (χ1) is 10.7. The number of benzene rings is 1. The predicted octanol–water partition coefficient (Wildman–Crippen LogP) is 2.25. The van der Waals surface area contributed by atoms with Gasteiger partial charge < -0.3 is 4.42 Å². The molecule has 0 fully saturated rings. The number of nitrogens with zero attached hydrogens (tertiary/aromatic N) is 5. The lowest BCUT2D eigenvalue weighted by Gasteiger charge is -2.14. The summed E-state index contributed by atoms with van der Waals surface area (Å²) in [4.78, 5) is 2.15. The highest BCUT2D eigenvalue weighted by atomic mass is 16.4. The van der Waals surface area contributed by atoms with Crippen molar-refractivity contribution < 1.29 is 4.42 Å². The second kappa shape index (κ2) is 6.53. The van der Waals surface area contributed by atoms with Crippen LogP contribution in [0.1, 0.15) is 22.9 Å². The molecule has 6 nitrogen and oxygen atoms in total. The van der Waals surface area contributed by atoms with Crippen LogP contribution in [-0.4, -0.2) is 31.9 Å². The Bertz CT molecular complexity index is 702. The van der Waals surface area contributed by atoms with Crippen molar-refractivity contribution in [2.24, 2.45) is 0 Å². The van der Waals surface area contributed by atoms with E-state index in [2.05, 4.69) is 44.5 Å². The summed E-state index contributed by atoms with van der Waals surface area (Å²) >= 11 is 0. The van der Waals surface area contributed by atoms with Crippen LogP contribution in [0.25, 0.3) is 0 Å². The van der Waals surface area contributed by atoms with Gasteiger partial charge in [0.05, 0.1) is 13.1 Å². The van der Waals surface area contributed by atoms with Crippen molar-refractivity contribution in [3.8, 4) is 0 Å². The summed E-state index contributed by atoms with van der Waals surface area (Å²) in [6, 6.07) is 10.5. The van der Waals surface area contributed by atoms with Gasteiger partial charge in [-0.2, -0.15) is 5.10 Å². The smallest absolute Gasteiger partial charge is 0.230 e. The monoisotopic (exact) mass is 297 g/mol. The van der Waals surface area contributed by atoms with E-state index in [1.807, 2.05) is 24.0 Å². The number of aromatic nitrogens is 4. The standard InChI is InChI=1S/C16H19N5O/c1-13-18-19-16(22-13)12-20(2)10-14-4-6-15(7-5-14)11-21-9-3-8-17-21/h3-9H,10-12H2,1-2H3. The van der Waals surface area contributed by atoms with E-state index in [4.69, 9.17) is 4.42 Å². The molecular weight excluding hydrogens is 278 g/mol. The van der Waals surface area contributed by atoms with Crippen molar-refractivity contribution in [1.29, 1.82) is 0 Å². The zero-order valence-corrected chi connectivity index (χ0v) is 12.8. The van der Waals surface area contributed by atoms with Crippen molar-refractivity contribution >= 4 is 0 Å². The molecule has 114 valence electrons. The van der Waals surface area contributed by atoms with Gasteiger partial charge >= 0.3 is 0 Å². The Labute approximate surface area is 129 Å². The molecule has 3 aromatic rings. The first kappa shape index (κ1) is 14.5. The third-order valence-corrected chi connectivity index (χ3v) is 3.35. The van der Waals surface area contributed by atoms with Crippen LogP contribution in [0.4, 0.5) is 0 Å². The largest absolute Gasteiger partial charge is 0.424 e. The van der Waals surface area contributed by atoms with Crippen molar-refractivity contribution in [2.75, 3.05) is 7.05 Å². The molecule has 0 aliphatic rings. The predicted molar refractivity (Wildman–Crippen MR) is 82.0 cm³/mol. The van der Waals surface area contributed by atoms with Crippen molar-refractivity contribution in [2.45, 2.75) is 26.6 Å². The average molecular weight is 297 g/mol. The van der Waals surface area contributed by atoms with Gasteiger partial charge in [-0.1, -0.05) is 24.3 Å². The van der Waals surface area contributed by atoms with Gasteiger partial charge in [-0.15, -0.1) is 10.2 Å². The van der Waals surface area contributed by atoms with Crippen LogP contribution >= 0.6 is 0 Å². The van der Waals surface area contributed by atoms with Crippen LogP contribution in [0.2, 0.25) is 0 Å². The molecular formula is C16H19N5O. The Balaban J connectivity index is 1.56. The fourth-order valence-corrected chi connectivity index (χ4v) is 2.33. The number of aryl methyl sites for hydroxylation is 1. The van der Waals surface area contributed by atoms with Gasteiger partial charge in [0.1, 0.15) is 0 Å². The first-order valence-corrected chi connectivity index (χ1v) is 7.22. The molecule has 6 heteroatoms. The van der Waals surface area contributed by atoms with Gasteiger partial charge in [0.2, 0.25) is 11.8 Å². The molecule has 3 rings (SSSR count). The maximum atomic E-state index is 5.40. The van der Waals surface area contributed by atoms with E-state index in [9.17, 15) is 0 Å². The summed E-state index contributed by atoms with van der Waals surface area (Å²) in [5.41, 5.74) is 2.49. The molecule has 0 radical (unpaired) electrons. The summed E-state index contributed by atoms with van der Waals surface area (Å²) in [5, 5.41) is 12.1. The van der Waals surface area contributed by atoms with E-state index in [0.29, 0.717) is 18.3 Å². The number of hydrogen-bond acceptors (Lipinski definition) is 5. The van der Waals surface area contributed by atoms with Gasteiger partial charge in [0, 0.05) is 25.9 Å². The first-order valence-electron chi connectivity index (χ1n) is 7.22. The molecule has 0 aliphatic heterocycles. The molecule has 2 heterocycles.